The lowest BCUT2D eigenvalue weighted by molar-refractivity contribution is 0.0556. The minimum atomic E-state index is 0.440. The summed E-state index contributed by atoms with van der Waals surface area (Å²) in [5.74, 6) is 0.602. The maximum absolute atomic E-state index is 5.53. The lowest BCUT2D eigenvalue weighted by Gasteiger charge is -2.34. The Morgan fingerprint density at radius 2 is 1.89 bits per heavy atom. The van der Waals surface area contributed by atoms with Gasteiger partial charge in [0.15, 0.2) is 0 Å². The number of benzene rings is 1. The highest BCUT2D eigenvalue weighted by atomic mass is 16.5. The first-order valence-electron chi connectivity index (χ1n) is 7.54. The quantitative estimate of drug-likeness (QED) is 0.867. The van der Waals surface area contributed by atoms with Gasteiger partial charge in [0.2, 0.25) is 0 Å². The van der Waals surface area contributed by atoms with Gasteiger partial charge in [-0.2, -0.15) is 0 Å². The van der Waals surface area contributed by atoms with Crippen LogP contribution in [0.2, 0.25) is 0 Å². The van der Waals surface area contributed by atoms with Crippen LogP contribution in [0, 0.1) is 5.92 Å². The molecule has 3 unspecified atom stereocenters. The first kappa shape index (κ1) is 14.5. The molecule has 1 saturated carbocycles. The molecule has 0 amide bonds. The molecule has 1 aliphatic carbocycles. The third kappa shape index (κ3) is 4.05. The van der Waals surface area contributed by atoms with Crippen molar-refractivity contribution in [3.63, 3.8) is 0 Å². The van der Waals surface area contributed by atoms with Gasteiger partial charge >= 0.3 is 0 Å². The summed E-state index contributed by atoms with van der Waals surface area (Å²) >= 11 is 0. The van der Waals surface area contributed by atoms with Crippen molar-refractivity contribution in [3.8, 4) is 0 Å². The van der Waals surface area contributed by atoms with Crippen molar-refractivity contribution >= 4 is 0 Å². The Morgan fingerprint density at radius 1 is 1.16 bits per heavy atom. The number of nitrogens with one attached hydrogen (secondary N) is 1. The summed E-state index contributed by atoms with van der Waals surface area (Å²) < 4.78 is 5.53. The van der Waals surface area contributed by atoms with E-state index in [2.05, 4.69) is 49.5 Å². The van der Waals surface area contributed by atoms with E-state index in [9.17, 15) is 0 Å². The number of ether oxygens (including phenoxy) is 1. The van der Waals surface area contributed by atoms with Crippen LogP contribution in [-0.4, -0.2) is 19.3 Å². The zero-order valence-electron chi connectivity index (χ0n) is 12.4. The second-order valence-electron chi connectivity index (χ2n) is 6.02. The van der Waals surface area contributed by atoms with Crippen LogP contribution in [0.25, 0.3) is 0 Å². The highest BCUT2D eigenvalue weighted by molar-refractivity contribution is 5.19. The van der Waals surface area contributed by atoms with E-state index < -0.39 is 0 Å². The van der Waals surface area contributed by atoms with E-state index in [-0.39, 0.29) is 0 Å². The molecule has 2 nitrogen and oxygen atoms in total. The van der Waals surface area contributed by atoms with Crippen molar-refractivity contribution in [2.24, 2.45) is 5.92 Å². The fourth-order valence-electron chi connectivity index (χ4n) is 3.10. The van der Waals surface area contributed by atoms with E-state index >= 15 is 0 Å². The second kappa shape index (κ2) is 7.06. The van der Waals surface area contributed by atoms with Crippen molar-refractivity contribution in [1.29, 1.82) is 0 Å². The van der Waals surface area contributed by atoms with Crippen LogP contribution in [0.5, 0.6) is 0 Å². The largest absolute Gasteiger partial charge is 0.381 e. The van der Waals surface area contributed by atoms with Gasteiger partial charge in [-0.25, -0.2) is 0 Å². The second-order valence-corrected chi connectivity index (χ2v) is 6.02. The summed E-state index contributed by atoms with van der Waals surface area (Å²) in [6, 6.07) is 11.8. The Hall–Kier alpha value is -0.860. The van der Waals surface area contributed by atoms with E-state index in [1.165, 1.54) is 24.8 Å². The van der Waals surface area contributed by atoms with Gasteiger partial charge in [0.1, 0.15) is 0 Å². The number of hydrogen-bond acceptors (Lipinski definition) is 2. The first-order valence-corrected chi connectivity index (χ1v) is 7.54. The van der Waals surface area contributed by atoms with Crippen LogP contribution in [0.3, 0.4) is 0 Å². The molecule has 2 rings (SSSR count). The zero-order chi connectivity index (χ0) is 13.7. The molecule has 0 radical (unpaired) electrons. The summed E-state index contributed by atoms with van der Waals surface area (Å²) in [6.45, 7) is 4.59. The number of rotatable bonds is 5. The Labute approximate surface area is 117 Å². The van der Waals surface area contributed by atoms with Crippen molar-refractivity contribution < 1.29 is 4.74 Å². The van der Waals surface area contributed by atoms with Crippen molar-refractivity contribution in [3.05, 3.63) is 35.9 Å². The van der Waals surface area contributed by atoms with Crippen LogP contribution < -0.4 is 5.32 Å². The molecule has 3 atom stereocenters. The molecule has 106 valence electrons. The van der Waals surface area contributed by atoms with E-state index in [1.54, 1.807) is 0 Å². The number of methoxy groups -OCH3 is 1. The third-order valence-corrected chi connectivity index (χ3v) is 4.20. The fourth-order valence-corrected chi connectivity index (χ4v) is 3.10. The van der Waals surface area contributed by atoms with Crippen molar-refractivity contribution in [1.82, 2.24) is 5.32 Å². The Balaban J connectivity index is 2.01. The highest BCUT2D eigenvalue weighted by Crippen LogP contribution is 2.27. The molecule has 0 heterocycles. The van der Waals surface area contributed by atoms with Crippen LogP contribution in [-0.2, 0) is 4.74 Å². The minimum absolute atomic E-state index is 0.440. The Morgan fingerprint density at radius 3 is 2.53 bits per heavy atom. The van der Waals surface area contributed by atoms with Crippen LogP contribution in [0.1, 0.15) is 51.1 Å². The SMILES string of the molecule is COC1CCCC(NC(c2ccccc2)C(C)C)C1. The summed E-state index contributed by atoms with van der Waals surface area (Å²) in [5.41, 5.74) is 1.40. The van der Waals surface area contributed by atoms with Gasteiger partial charge in [-0.15, -0.1) is 0 Å². The summed E-state index contributed by atoms with van der Waals surface area (Å²) in [4.78, 5) is 0. The van der Waals surface area contributed by atoms with E-state index in [4.69, 9.17) is 4.74 Å². The molecule has 2 heteroatoms. The summed E-state index contributed by atoms with van der Waals surface area (Å²) in [5, 5.41) is 3.86. The molecular weight excluding hydrogens is 234 g/mol. The molecule has 1 aliphatic rings. The maximum atomic E-state index is 5.53. The van der Waals surface area contributed by atoms with Gasteiger partial charge in [-0.05, 0) is 37.2 Å². The zero-order valence-corrected chi connectivity index (χ0v) is 12.4. The lowest BCUT2D eigenvalue weighted by Crippen LogP contribution is -2.40. The molecule has 0 aliphatic heterocycles. The molecule has 1 N–H and O–H groups in total. The minimum Gasteiger partial charge on any atom is -0.381 e. The third-order valence-electron chi connectivity index (χ3n) is 4.20. The van der Waals surface area contributed by atoms with Crippen LogP contribution in [0.15, 0.2) is 30.3 Å². The molecular formula is C17H27NO. The molecule has 0 aromatic heterocycles. The van der Waals surface area contributed by atoms with E-state index in [1.807, 2.05) is 7.11 Å². The molecule has 0 bridgehead atoms. The standard InChI is InChI=1S/C17H27NO/c1-13(2)17(14-8-5-4-6-9-14)18-15-10-7-11-16(12-15)19-3/h4-6,8-9,13,15-18H,7,10-12H2,1-3H3. The van der Waals surface area contributed by atoms with E-state index in [0.717, 1.165) is 6.42 Å². The molecule has 19 heavy (non-hydrogen) atoms. The predicted molar refractivity (Wildman–Crippen MR) is 80.2 cm³/mol. The highest BCUT2D eigenvalue weighted by Gasteiger charge is 2.25. The van der Waals surface area contributed by atoms with Crippen LogP contribution in [0.4, 0.5) is 0 Å². The molecule has 0 saturated heterocycles. The Bertz CT molecular complexity index is 363. The Kier molecular flexibility index (Phi) is 5.41. The van der Waals surface area contributed by atoms with Crippen molar-refractivity contribution in [2.75, 3.05) is 7.11 Å². The first-order chi connectivity index (χ1) is 9.20. The van der Waals surface area contributed by atoms with Gasteiger partial charge < -0.3 is 10.1 Å². The molecule has 1 aromatic carbocycles. The van der Waals surface area contributed by atoms with Gasteiger partial charge in [0.05, 0.1) is 6.10 Å². The average Bonchev–Trinajstić information content (AvgIpc) is 2.45. The van der Waals surface area contributed by atoms with Gasteiger partial charge in [-0.1, -0.05) is 44.2 Å². The molecule has 0 spiro atoms. The lowest BCUT2D eigenvalue weighted by atomic mass is 9.89. The summed E-state index contributed by atoms with van der Waals surface area (Å²) in [6.07, 6.45) is 5.35. The summed E-state index contributed by atoms with van der Waals surface area (Å²) in [7, 11) is 1.84. The van der Waals surface area contributed by atoms with Gasteiger partial charge in [-0.3, -0.25) is 0 Å². The molecule has 1 fully saturated rings. The van der Waals surface area contributed by atoms with Gasteiger partial charge in [0, 0.05) is 19.2 Å². The maximum Gasteiger partial charge on any atom is 0.0586 e. The van der Waals surface area contributed by atoms with Gasteiger partial charge in [0.25, 0.3) is 0 Å². The normalized spacial score (nSPS) is 25.5. The fraction of sp³-hybridized carbons (Fsp3) is 0.647. The smallest absolute Gasteiger partial charge is 0.0586 e. The average molecular weight is 261 g/mol. The van der Waals surface area contributed by atoms with E-state index in [0.29, 0.717) is 24.1 Å². The predicted octanol–water partition coefficient (Wildman–Crippen LogP) is 3.93. The molecule has 1 aromatic rings. The topological polar surface area (TPSA) is 21.3 Å². The monoisotopic (exact) mass is 261 g/mol. The van der Waals surface area contributed by atoms with Crippen LogP contribution >= 0.6 is 0 Å². The number of hydrogen-bond donors (Lipinski definition) is 1. The van der Waals surface area contributed by atoms with Crippen molar-refractivity contribution in [2.45, 2.75) is 57.7 Å².